The molecule has 0 amide bonds. The van der Waals surface area contributed by atoms with Gasteiger partial charge in [0.2, 0.25) is 0 Å². The second kappa shape index (κ2) is 10.1. The molecule has 0 radical (unpaired) electrons. The van der Waals surface area contributed by atoms with E-state index in [0.29, 0.717) is 29.0 Å². The molecule has 0 bridgehead atoms. The summed E-state index contributed by atoms with van der Waals surface area (Å²) in [5, 5.41) is 21.6. The summed E-state index contributed by atoms with van der Waals surface area (Å²) in [4.78, 5) is 16.2. The second-order valence-corrected chi connectivity index (χ2v) is 9.46. The van der Waals surface area contributed by atoms with Crippen LogP contribution in [0, 0.1) is 6.92 Å². The van der Waals surface area contributed by atoms with Crippen molar-refractivity contribution in [2.24, 2.45) is 0 Å². The third-order valence-corrected chi connectivity index (χ3v) is 7.25. The van der Waals surface area contributed by atoms with Crippen LogP contribution in [0.1, 0.15) is 58.3 Å². The number of benzene rings is 2. The Morgan fingerprint density at radius 2 is 1.85 bits per heavy atom. The van der Waals surface area contributed by atoms with E-state index in [1.165, 1.54) is 11.3 Å². The summed E-state index contributed by atoms with van der Waals surface area (Å²) in [6.07, 6.45) is 3.14. The van der Waals surface area contributed by atoms with Gasteiger partial charge in [-0.05, 0) is 49.6 Å². The molecule has 0 spiro atoms. The third-order valence-electron chi connectivity index (χ3n) is 6.21. The highest BCUT2D eigenvalue weighted by Gasteiger charge is 2.30. The lowest BCUT2D eigenvalue weighted by Gasteiger charge is -2.27. The number of hydrogen-bond acceptors (Lipinski definition) is 7. The van der Waals surface area contributed by atoms with Crippen LogP contribution in [0.4, 0.5) is 0 Å². The number of methoxy groups -OCH3 is 2. The predicted molar refractivity (Wildman–Crippen MR) is 127 cm³/mol. The molecule has 2 unspecified atom stereocenters. The molecular weight excluding hydrogens is 442 g/mol. The van der Waals surface area contributed by atoms with Crippen LogP contribution in [-0.4, -0.2) is 47.6 Å². The molecule has 2 aromatic carbocycles. The molecule has 8 heteroatoms. The van der Waals surface area contributed by atoms with Crippen LogP contribution in [0.3, 0.4) is 0 Å². The molecule has 1 heterocycles. The average molecular weight is 472 g/mol. The fourth-order valence-corrected chi connectivity index (χ4v) is 5.46. The Labute approximate surface area is 196 Å². The van der Waals surface area contributed by atoms with Gasteiger partial charge in [-0.2, -0.15) is 0 Å². The maximum atomic E-state index is 11.6. The van der Waals surface area contributed by atoms with Gasteiger partial charge in [-0.15, -0.1) is 11.3 Å². The predicted octanol–water partition coefficient (Wildman–Crippen LogP) is 4.92. The van der Waals surface area contributed by atoms with Crippen molar-refractivity contribution in [3.63, 3.8) is 0 Å². The number of carboxylic acid groups (broad SMARTS) is 1. The smallest absolute Gasteiger partial charge is 0.337 e. The Hall–Kier alpha value is -2.68. The van der Waals surface area contributed by atoms with E-state index in [2.05, 4.69) is 4.98 Å². The number of thiazole rings is 1. The molecule has 0 saturated heterocycles. The first-order valence-electron chi connectivity index (χ1n) is 11.1. The van der Waals surface area contributed by atoms with Crippen molar-refractivity contribution in [3.05, 3.63) is 52.0 Å². The molecule has 33 heavy (non-hydrogen) atoms. The Balaban J connectivity index is 1.68. The van der Waals surface area contributed by atoms with Gasteiger partial charge in [0.15, 0.2) is 0 Å². The van der Waals surface area contributed by atoms with Crippen molar-refractivity contribution in [1.29, 1.82) is 0 Å². The maximum Gasteiger partial charge on any atom is 0.337 e. The Bertz CT molecular complexity index is 1110. The lowest BCUT2D eigenvalue weighted by Crippen LogP contribution is -2.29. The van der Waals surface area contributed by atoms with Gasteiger partial charge < -0.3 is 24.4 Å². The standard InChI is InChI=1S/C25H29NO6S/c1-14-18(30-2)11-15(12-19(14)31-3)24(27)20(32-16-7-4-5-8-16)13-22-26-23-17(25(28)29)9-6-10-21(23)33-22/h6,9-12,16,20,24,27H,4-5,7-8,13H2,1-3H3,(H,28,29). The molecule has 1 aliphatic carbocycles. The summed E-state index contributed by atoms with van der Waals surface area (Å²) in [5.41, 5.74) is 2.15. The molecule has 1 saturated carbocycles. The van der Waals surface area contributed by atoms with Crippen LogP contribution >= 0.6 is 11.3 Å². The number of hydrogen-bond donors (Lipinski definition) is 2. The van der Waals surface area contributed by atoms with Crippen LogP contribution in [-0.2, 0) is 11.2 Å². The number of rotatable bonds is 9. The summed E-state index contributed by atoms with van der Waals surface area (Å²) in [6.45, 7) is 1.90. The highest BCUT2D eigenvalue weighted by atomic mass is 32.1. The highest BCUT2D eigenvalue weighted by molar-refractivity contribution is 7.18. The average Bonchev–Trinajstić information content (AvgIpc) is 3.47. The van der Waals surface area contributed by atoms with E-state index in [-0.39, 0.29) is 11.7 Å². The number of carboxylic acids is 1. The second-order valence-electron chi connectivity index (χ2n) is 8.35. The summed E-state index contributed by atoms with van der Waals surface area (Å²) in [6, 6.07) is 8.77. The lowest BCUT2D eigenvalue weighted by atomic mass is 9.99. The normalized spacial score (nSPS) is 16.1. The van der Waals surface area contributed by atoms with E-state index in [1.54, 1.807) is 26.4 Å². The third kappa shape index (κ3) is 4.98. The number of nitrogens with zero attached hydrogens (tertiary/aromatic N) is 1. The Morgan fingerprint density at radius 3 is 2.45 bits per heavy atom. The van der Waals surface area contributed by atoms with Crippen LogP contribution in [0.25, 0.3) is 10.2 Å². The minimum absolute atomic E-state index is 0.0860. The quantitative estimate of drug-likeness (QED) is 0.457. The zero-order chi connectivity index (χ0) is 23.5. The maximum absolute atomic E-state index is 11.6. The van der Waals surface area contributed by atoms with Gasteiger partial charge in [0.05, 0.1) is 47.2 Å². The van der Waals surface area contributed by atoms with Crippen molar-refractivity contribution in [2.45, 2.75) is 57.3 Å². The molecule has 1 fully saturated rings. The first-order chi connectivity index (χ1) is 15.9. The van der Waals surface area contributed by atoms with Crippen molar-refractivity contribution in [3.8, 4) is 11.5 Å². The van der Waals surface area contributed by atoms with Gasteiger partial charge in [-0.25, -0.2) is 9.78 Å². The molecule has 2 N–H and O–H groups in total. The highest BCUT2D eigenvalue weighted by Crippen LogP contribution is 2.36. The molecule has 7 nitrogen and oxygen atoms in total. The van der Waals surface area contributed by atoms with Gasteiger partial charge >= 0.3 is 5.97 Å². The molecule has 0 aliphatic heterocycles. The molecule has 3 aromatic rings. The van der Waals surface area contributed by atoms with Gasteiger partial charge in [0, 0.05) is 12.0 Å². The Kier molecular flexibility index (Phi) is 7.17. The number of aromatic carboxylic acids is 1. The summed E-state index contributed by atoms with van der Waals surface area (Å²) in [5.74, 6) is 0.262. The number of aliphatic hydroxyl groups is 1. The van der Waals surface area contributed by atoms with Crippen LogP contribution < -0.4 is 9.47 Å². The number of ether oxygens (including phenoxy) is 3. The molecule has 1 aromatic heterocycles. The number of carbonyl (C=O) groups is 1. The summed E-state index contributed by atoms with van der Waals surface area (Å²) < 4.78 is 18.2. The Morgan fingerprint density at radius 1 is 1.18 bits per heavy atom. The minimum atomic E-state index is -1.00. The van der Waals surface area contributed by atoms with E-state index in [0.717, 1.165) is 41.0 Å². The van der Waals surface area contributed by atoms with Crippen molar-refractivity contribution in [1.82, 2.24) is 4.98 Å². The lowest BCUT2D eigenvalue weighted by molar-refractivity contribution is -0.0753. The van der Waals surface area contributed by atoms with Crippen LogP contribution in [0.5, 0.6) is 11.5 Å². The number of fused-ring (bicyclic) bond motifs is 1. The van der Waals surface area contributed by atoms with E-state index in [1.807, 2.05) is 25.1 Å². The van der Waals surface area contributed by atoms with Crippen LogP contribution in [0.15, 0.2) is 30.3 Å². The first kappa shape index (κ1) is 23.5. The zero-order valence-corrected chi connectivity index (χ0v) is 19.9. The first-order valence-corrected chi connectivity index (χ1v) is 11.9. The number of para-hydroxylation sites is 1. The fourth-order valence-electron chi connectivity index (χ4n) is 4.42. The van der Waals surface area contributed by atoms with Gasteiger partial charge in [0.25, 0.3) is 0 Å². The fraction of sp³-hybridized carbons (Fsp3) is 0.440. The number of aromatic nitrogens is 1. The molecule has 176 valence electrons. The minimum Gasteiger partial charge on any atom is -0.496 e. The van der Waals surface area contributed by atoms with Crippen molar-refractivity contribution in [2.75, 3.05) is 14.2 Å². The molecule has 4 rings (SSSR count). The summed E-state index contributed by atoms with van der Waals surface area (Å²) >= 11 is 1.43. The van der Waals surface area contributed by atoms with E-state index in [9.17, 15) is 15.0 Å². The van der Waals surface area contributed by atoms with Gasteiger partial charge in [-0.3, -0.25) is 0 Å². The monoisotopic (exact) mass is 471 g/mol. The largest absolute Gasteiger partial charge is 0.496 e. The molecule has 2 atom stereocenters. The van der Waals surface area contributed by atoms with Gasteiger partial charge in [-0.1, -0.05) is 18.9 Å². The van der Waals surface area contributed by atoms with E-state index in [4.69, 9.17) is 14.2 Å². The topological polar surface area (TPSA) is 98.1 Å². The number of aliphatic hydroxyl groups excluding tert-OH is 1. The SMILES string of the molecule is COc1cc(C(O)C(Cc2nc3c(C(=O)O)cccc3s2)OC2CCCC2)cc(OC)c1C. The summed E-state index contributed by atoms with van der Waals surface area (Å²) in [7, 11) is 3.18. The van der Waals surface area contributed by atoms with Crippen LogP contribution in [0.2, 0.25) is 0 Å². The van der Waals surface area contributed by atoms with Crippen molar-refractivity contribution >= 4 is 27.5 Å². The van der Waals surface area contributed by atoms with E-state index < -0.39 is 18.2 Å². The van der Waals surface area contributed by atoms with Gasteiger partial charge in [0.1, 0.15) is 17.6 Å². The molecular formula is C25H29NO6S. The molecule has 1 aliphatic rings. The zero-order valence-electron chi connectivity index (χ0n) is 19.0. The van der Waals surface area contributed by atoms with E-state index >= 15 is 0 Å². The van der Waals surface area contributed by atoms with Crippen molar-refractivity contribution < 1.29 is 29.2 Å².